The number of nitrogens with one attached hydrogen (secondary N) is 1. The predicted octanol–water partition coefficient (Wildman–Crippen LogP) is 3.64. The van der Waals surface area contributed by atoms with E-state index in [0.717, 1.165) is 43.7 Å². The molecule has 1 aliphatic rings. The van der Waals surface area contributed by atoms with Gasteiger partial charge in [-0.1, -0.05) is 24.3 Å². The molecular weight excluding hydrogens is 303 g/mol. The number of hydrogen-bond donors (Lipinski definition) is 2. The Bertz CT molecular complexity index is 636. The lowest BCUT2D eigenvalue weighted by Crippen LogP contribution is -2.34. The Labute approximate surface area is 143 Å². The van der Waals surface area contributed by atoms with Crippen molar-refractivity contribution in [2.75, 3.05) is 25.0 Å². The molecule has 2 aromatic rings. The van der Waals surface area contributed by atoms with Crippen LogP contribution in [0.4, 0.5) is 10.1 Å². The summed E-state index contributed by atoms with van der Waals surface area (Å²) in [7, 11) is 0. The number of likely N-dealkylation sites (tertiary alicyclic amines) is 1. The lowest BCUT2D eigenvalue weighted by molar-refractivity contribution is 0.127. The minimum Gasteiger partial charge on any atom is -0.396 e. The third-order valence-corrected chi connectivity index (χ3v) is 4.71. The zero-order valence-corrected chi connectivity index (χ0v) is 13.9. The van der Waals surface area contributed by atoms with Gasteiger partial charge in [-0.25, -0.2) is 4.39 Å². The standard InChI is InChI=1S/C20H25FN2O/c21-19-6-4-16(5-7-19)13-22-20-3-1-2-18(12-20)14-23-10-8-17(15-24)9-11-23/h1-7,12,17,22,24H,8-11,13-15H2. The molecule has 0 spiro atoms. The molecule has 0 amide bonds. The first-order valence-corrected chi connectivity index (χ1v) is 8.63. The summed E-state index contributed by atoms with van der Waals surface area (Å²) in [4.78, 5) is 2.45. The smallest absolute Gasteiger partial charge is 0.123 e. The van der Waals surface area contributed by atoms with Crippen LogP contribution in [-0.4, -0.2) is 29.7 Å². The average Bonchev–Trinajstić information content (AvgIpc) is 2.62. The SMILES string of the molecule is OCC1CCN(Cc2cccc(NCc3ccc(F)cc3)c2)CC1. The molecule has 1 saturated heterocycles. The van der Waals surface area contributed by atoms with Crippen LogP contribution >= 0.6 is 0 Å². The number of halogens is 1. The van der Waals surface area contributed by atoms with Crippen LogP contribution in [-0.2, 0) is 13.1 Å². The maximum atomic E-state index is 12.9. The molecule has 2 aromatic carbocycles. The maximum absolute atomic E-state index is 12.9. The van der Waals surface area contributed by atoms with Gasteiger partial charge in [0.05, 0.1) is 0 Å². The van der Waals surface area contributed by atoms with Gasteiger partial charge in [0.15, 0.2) is 0 Å². The molecule has 2 N–H and O–H groups in total. The van der Waals surface area contributed by atoms with Crippen molar-refractivity contribution in [2.24, 2.45) is 5.92 Å². The Morgan fingerprint density at radius 1 is 1.04 bits per heavy atom. The van der Waals surface area contributed by atoms with Crippen LogP contribution < -0.4 is 5.32 Å². The third kappa shape index (κ3) is 4.79. The van der Waals surface area contributed by atoms with Crippen LogP contribution in [0.25, 0.3) is 0 Å². The summed E-state index contributed by atoms with van der Waals surface area (Å²) in [5.74, 6) is 0.274. The third-order valence-electron chi connectivity index (χ3n) is 4.71. The van der Waals surface area contributed by atoms with E-state index in [1.54, 1.807) is 12.1 Å². The fourth-order valence-electron chi connectivity index (χ4n) is 3.17. The highest BCUT2D eigenvalue weighted by Gasteiger charge is 2.18. The van der Waals surface area contributed by atoms with Gasteiger partial charge in [0.2, 0.25) is 0 Å². The second-order valence-corrected chi connectivity index (χ2v) is 6.58. The van der Waals surface area contributed by atoms with E-state index in [-0.39, 0.29) is 5.82 Å². The molecule has 0 bridgehead atoms. The highest BCUT2D eigenvalue weighted by Crippen LogP contribution is 2.20. The summed E-state index contributed by atoms with van der Waals surface area (Å²) in [6.07, 6.45) is 2.16. The van der Waals surface area contributed by atoms with Crippen molar-refractivity contribution >= 4 is 5.69 Å². The quantitative estimate of drug-likeness (QED) is 0.850. The number of anilines is 1. The predicted molar refractivity (Wildman–Crippen MR) is 95.3 cm³/mol. The Morgan fingerprint density at radius 2 is 1.79 bits per heavy atom. The summed E-state index contributed by atoms with van der Waals surface area (Å²) >= 11 is 0. The van der Waals surface area contributed by atoms with Gasteiger partial charge in [-0.2, -0.15) is 0 Å². The van der Waals surface area contributed by atoms with Crippen molar-refractivity contribution in [2.45, 2.75) is 25.9 Å². The van der Waals surface area contributed by atoms with E-state index in [1.807, 2.05) is 0 Å². The summed E-state index contributed by atoms with van der Waals surface area (Å²) in [5, 5.41) is 12.6. The minimum absolute atomic E-state index is 0.203. The molecule has 0 unspecified atom stereocenters. The van der Waals surface area contributed by atoms with Crippen molar-refractivity contribution in [1.29, 1.82) is 0 Å². The van der Waals surface area contributed by atoms with Gasteiger partial charge in [-0.05, 0) is 67.2 Å². The summed E-state index contributed by atoms with van der Waals surface area (Å²) in [5.41, 5.74) is 3.44. The average molecular weight is 328 g/mol. The highest BCUT2D eigenvalue weighted by atomic mass is 19.1. The number of piperidine rings is 1. The monoisotopic (exact) mass is 328 g/mol. The molecule has 1 fully saturated rings. The van der Waals surface area contributed by atoms with Gasteiger partial charge in [0.25, 0.3) is 0 Å². The first kappa shape index (κ1) is 16.9. The Morgan fingerprint density at radius 3 is 2.50 bits per heavy atom. The summed E-state index contributed by atoms with van der Waals surface area (Å²) < 4.78 is 12.9. The zero-order valence-electron chi connectivity index (χ0n) is 13.9. The molecular formula is C20H25FN2O. The number of nitrogens with zero attached hydrogens (tertiary/aromatic N) is 1. The summed E-state index contributed by atoms with van der Waals surface area (Å²) in [6, 6.07) is 15.1. The highest BCUT2D eigenvalue weighted by molar-refractivity contribution is 5.46. The number of rotatable bonds is 6. The topological polar surface area (TPSA) is 35.5 Å². The molecule has 1 heterocycles. The van der Waals surface area contributed by atoms with E-state index >= 15 is 0 Å². The molecule has 3 rings (SSSR count). The van der Waals surface area contributed by atoms with Gasteiger partial charge in [-0.3, -0.25) is 4.90 Å². The zero-order chi connectivity index (χ0) is 16.8. The van der Waals surface area contributed by atoms with Crippen LogP contribution in [0.15, 0.2) is 48.5 Å². The number of benzene rings is 2. The van der Waals surface area contributed by atoms with E-state index in [2.05, 4.69) is 34.5 Å². The molecule has 0 aromatic heterocycles. The molecule has 0 saturated carbocycles. The Balaban J connectivity index is 1.53. The van der Waals surface area contributed by atoms with E-state index < -0.39 is 0 Å². The fraction of sp³-hybridized carbons (Fsp3) is 0.400. The second kappa shape index (κ2) is 8.27. The summed E-state index contributed by atoms with van der Waals surface area (Å²) in [6.45, 7) is 4.06. The van der Waals surface area contributed by atoms with Crippen LogP contribution in [0.1, 0.15) is 24.0 Å². The lowest BCUT2D eigenvalue weighted by atomic mass is 9.97. The van der Waals surface area contributed by atoms with Crippen molar-refractivity contribution in [3.05, 3.63) is 65.5 Å². The van der Waals surface area contributed by atoms with Crippen LogP contribution in [0.2, 0.25) is 0 Å². The van der Waals surface area contributed by atoms with Crippen molar-refractivity contribution in [3.63, 3.8) is 0 Å². The largest absolute Gasteiger partial charge is 0.396 e. The maximum Gasteiger partial charge on any atom is 0.123 e. The van der Waals surface area contributed by atoms with Gasteiger partial charge < -0.3 is 10.4 Å². The van der Waals surface area contributed by atoms with Gasteiger partial charge in [0.1, 0.15) is 5.82 Å². The molecule has 0 radical (unpaired) electrons. The first-order chi connectivity index (χ1) is 11.7. The molecule has 24 heavy (non-hydrogen) atoms. The van der Waals surface area contributed by atoms with E-state index in [1.165, 1.54) is 17.7 Å². The minimum atomic E-state index is -0.203. The normalized spacial score (nSPS) is 16.2. The molecule has 128 valence electrons. The number of hydrogen-bond acceptors (Lipinski definition) is 3. The number of aliphatic hydroxyl groups is 1. The molecule has 0 atom stereocenters. The van der Waals surface area contributed by atoms with Crippen molar-refractivity contribution in [3.8, 4) is 0 Å². The lowest BCUT2D eigenvalue weighted by Gasteiger charge is -2.31. The Kier molecular flexibility index (Phi) is 5.83. The van der Waals surface area contributed by atoms with E-state index in [0.29, 0.717) is 19.1 Å². The second-order valence-electron chi connectivity index (χ2n) is 6.58. The number of aliphatic hydroxyl groups excluding tert-OH is 1. The molecule has 3 nitrogen and oxygen atoms in total. The van der Waals surface area contributed by atoms with E-state index in [9.17, 15) is 9.50 Å². The molecule has 0 aliphatic carbocycles. The van der Waals surface area contributed by atoms with Gasteiger partial charge in [0, 0.05) is 25.4 Å². The fourth-order valence-corrected chi connectivity index (χ4v) is 3.17. The van der Waals surface area contributed by atoms with Crippen LogP contribution in [0.3, 0.4) is 0 Å². The van der Waals surface area contributed by atoms with Crippen LogP contribution in [0.5, 0.6) is 0 Å². The molecule has 4 heteroatoms. The van der Waals surface area contributed by atoms with Gasteiger partial charge >= 0.3 is 0 Å². The van der Waals surface area contributed by atoms with Crippen molar-refractivity contribution < 1.29 is 9.50 Å². The molecule has 1 aliphatic heterocycles. The first-order valence-electron chi connectivity index (χ1n) is 8.63. The van der Waals surface area contributed by atoms with Crippen LogP contribution in [0, 0.1) is 11.7 Å². The van der Waals surface area contributed by atoms with E-state index in [4.69, 9.17) is 0 Å². The van der Waals surface area contributed by atoms with Gasteiger partial charge in [-0.15, -0.1) is 0 Å². The van der Waals surface area contributed by atoms with Crippen molar-refractivity contribution in [1.82, 2.24) is 4.90 Å². The Hall–Kier alpha value is -1.91.